The smallest absolute Gasteiger partial charge is 0.238 e. The van der Waals surface area contributed by atoms with E-state index in [1.807, 2.05) is 48.5 Å². The van der Waals surface area contributed by atoms with E-state index < -0.39 is 0 Å². The summed E-state index contributed by atoms with van der Waals surface area (Å²) in [5, 5.41) is 4.38. The molecule has 3 aromatic heterocycles. The Morgan fingerprint density at radius 2 is 1.15 bits per heavy atom. The minimum Gasteiger partial charge on any atom is -0.456 e. The van der Waals surface area contributed by atoms with Gasteiger partial charge in [0.05, 0.1) is 11.0 Å². The molecule has 0 radical (unpaired) electrons. The molecule has 7 aromatic carbocycles. The highest BCUT2D eigenvalue weighted by Crippen LogP contribution is 2.55. The fourth-order valence-electron chi connectivity index (χ4n) is 8.60. The molecule has 0 saturated carbocycles. The van der Waals surface area contributed by atoms with E-state index in [-0.39, 0.29) is 5.41 Å². The van der Waals surface area contributed by atoms with Crippen LogP contribution in [0.2, 0.25) is 0 Å². The monoisotopic (exact) mass is 666 g/mol. The van der Waals surface area contributed by atoms with Crippen molar-refractivity contribution in [2.24, 2.45) is 0 Å². The predicted molar refractivity (Wildman–Crippen MR) is 210 cm³/mol. The van der Waals surface area contributed by atoms with E-state index in [0.717, 1.165) is 49.5 Å². The Balaban J connectivity index is 1.24. The minimum atomic E-state index is -0.308. The van der Waals surface area contributed by atoms with Crippen LogP contribution in [-0.4, -0.2) is 19.5 Å². The molecule has 0 N–H and O–H groups in total. The predicted octanol–water partition coefficient (Wildman–Crippen LogP) is 11.5. The Bertz CT molecular complexity index is 3030. The molecule has 1 aliphatic rings. The second-order valence-electron chi connectivity index (χ2n) is 13.7. The SMILES string of the molecule is CC1(c2ccccc2)c2ccccc2-c2c1ccc1c2c2ccccc2n1-c1nc(-c2ccccc2)nc(-c2cccc3oc4ccccc4c23)n1. The third-order valence-corrected chi connectivity index (χ3v) is 11.0. The van der Waals surface area contributed by atoms with Gasteiger partial charge in [-0.25, -0.2) is 4.98 Å². The van der Waals surface area contributed by atoms with E-state index in [1.165, 1.54) is 33.2 Å². The molecule has 0 amide bonds. The van der Waals surface area contributed by atoms with Crippen LogP contribution in [0, 0.1) is 0 Å². The molecule has 0 bridgehead atoms. The third-order valence-electron chi connectivity index (χ3n) is 11.0. The maximum atomic E-state index is 6.29. The second-order valence-corrected chi connectivity index (χ2v) is 13.7. The Hall–Kier alpha value is -6.85. The molecule has 1 unspecified atom stereocenters. The largest absolute Gasteiger partial charge is 0.456 e. The molecule has 3 heterocycles. The fraction of sp³-hybridized carbons (Fsp3) is 0.0426. The number of aromatic nitrogens is 4. The average Bonchev–Trinajstić information content (AvgIpc) is 3.85. The first kappa shape index (κ1) is 28.9. The number of nitrogens with zero attached hydrogens (tertiary/aromatic N) is 4. The van der Waals surface area contributed by atoms with Gasteiger partial charge in [-0.1, -0.05) is 140 Å². The van der Waals surface area contributed by atoms with Crippen LogP contribution in [0.25, 0.3) is 83.6 Å². The van der Waals surface area contributed by atoms with Gasteiger partial charge in [-0.05, 0) is 59.0 Å². The molecule has 52 heavy (non-hydrogen) atoms. The lowest BCUT2D eigenvalue weighted by atomic mass is 9.74. The van der Waals surface area contributed by atoms with Crippen LogP contribution < -0.4 is 0 Å². The molecule has 1 atom stereocenters. The highest BCUT2D eigenvalue weighted by Gasteiger charge is 2.42. The van der Waals surface area contributed by atoms with Gasteiger partial charge in [0, 0.05) is 38.1 Å². The number of hydrogen-bond acceptors (Lipinski definition) is 4. The van der Waals surface area contributed by atoms with Crippen molar-refractivity contribution in [3.8, 4) is 39.9 Å². The summed E-state index contributed by atoms with van der Waals surface area (Å²) in [5.74, 6) is 1.77. The van der Waals surface area contributed by atoms with E-state index in [2.05, 4.69) is 127 Å². The highest BCUT2D eigenvalue weighted by atomic mass is 16.3. The van der Waals surface area contributed by atoms with Gasteiger partial charge in [-0.2, -0.15) is 9.97 Å². The van der Waals surface area contributed by atoms with Crippen LogP contribution in [0.1, 0.15) is 23.6 Å². The second kappa shape index (κ2) is 10.8. The van der Waals surface area contributed by atoms with Gasteiger partial charge in [0.25, 0.3) is 0 Å². The molecule has 244 valence electrons. The van der Waals surface area contributed by atoms with Crippen LogP contribution in [-0.2, 0) is 5.41 Å². The van der Waals surface area contributed by atoms with E-state index in [1.54, 1.807) is 0 Å². The van der Waals surface area contributed by atoms with Crippen molar-refractivity contribution in [3.63, 3.8) is 0 Å². The van der Waals surface area contributed by atoms with Gasteiger partial charge in [0.1, 0.15) is 11.2 Å². The van der Waals surface area contributed by atoms with Crippen molar-refractivity contribution < 1.29 is 4.42 Å². The van der Waals surface area contributed by atoms with Crippen LogP contribution in [0.5, 0.6) is 0 Å². The van der Waals surface area contributed by atoms with E-state index in [9.17, 15) is 0 Å². The zero-order valence-electron chi connectivity index (χ0n) is 28.3. The minimum absolute atomic E-state index is 0.308. The zero-order chi connectivity index (χ0) is 34.4. The van der Waals surface area contributed by atoms with Crippen molar-refractivity contribution in [2.75, 3.05) is 0 Å². The normalized spacial score (nSPS) is 15.1. The Morgan fingerprint density at radius 1 is 0.481 bits per heavy atom. The number of hydrogen-bond donors (Lipinski definition) is 0. The number of rotatable bonds is 4. The maximum absolute atomic E-state index is 6.29. The standard InChI is InChI=1S/C47H30N4O/c1-47(30-17-6-3-7-18-30)35-23-11-8-19-31(35)42-36(47)27-28-38-43(42)32-20-9-12-24-37(32)51(38)46-49-44(29-15-4-2-5-16-29)48-45(50-46)34-22-14-26-40-41(34)33-21-10-13-25-39(33)52-40/h2-28H,1H3. The summed E-state index contributed by atoms with van der Waals surface area (Å²) in [6.45, 7) is 2.36. The first-order chi connectivity index (χ1) is 25.7. The van der Waals surface area contributed by atoms with Gasteiger partial charge < -0.3 is 4.42 Å². The van der Waals surface area contributed by atoms with Gasteiger partial charge in [0.2, 0.25) is 5.95 Å². The number of furan rings is 1. The summed E-state index contributed by atoms with van der Waals surface area (Å²) in [7, 11) is 0. The zero-order valence-corrected chi connectivity index (χ0v) is 28.3. The molecule has 0 fully saturated rings. The summed E-state index contributed by atoms with van der Waals surface area (Å²) in [5.41, 5.74) is 11.7. The van der Waals surface area contributed by atoms with Crippen LogP contribution >= 0.6 is 0 Å². The van der Waals surface area contributed by atoms with E-state index in [4.69, 9.17) is 19.4 Å². The molecule has 1 aliphatic carbocycles. The molecule has 0 saturated heterocycles. The van der Waals surface area contributed by atoms with Crippen LogP contribution in [0.4, 0.5) is 0 Å². The quantitative estimate of drug-likeness (QED) is 0.188. The summed E-state index contributed by atoms with van der Waals surface area (Å²) in [4.78, 5) is 15.7. The summed E-state index contributed by atoms with van der Waals surface area (Å²) in [6.07, 6.45) is 0. The van der Waals surface area contributed by atoms with Gasteiger partial charge in [0.15, 0.2) is 11.6 Å². The van der Waals surface area contributed by atoms with E-state index >= 15 is 0 Å². The van der Waals surface area contributed by atoms with Crippen molar-refractivity contribution in [1.29, 1.82) is 0 Å². The number of para-hydroxylation sites is 2. The van der Waals surface area contributed by atoms with Crippen LogP contribution in [0.3, 0.4) is 0 Å². The van der Waals surface area contributed by atoms with Crippen molar-refractivity contribution in [3.05, 3.63) is 180 Å². The average molecular weight is 667 g/mol. The molecule has 5 heteroatoms. The topological polar surface area (TPSA) is 56.7 Å². The maximum Gasteiger partial charge on any atom is 0.238 e. The van der Waals surface area contributed by atoms with Crippen LogP contribution in [0.15, 0.2) is 168 Å². The molecular weight excluding hydrogens is 637 g/mol. The summed E-state index contributed by atoms with van der Waals surface area (Å²) in [6, 6.07) is 57.4. The summed E-state index contributed by atoms with van der Waals surface area (Å²) >= 11 is 0. The lowest BCUT2D eigenvalue weighted by Crippen LogP contribution is -2.22. The molecular formula is C47H30N4O. The number of fused-ring (bicyclic) bond motifs is 10. The third kappa shape index (κ3) is 3.96. The molecule has 0 spiro atoms. The highest BCUT2D eigenvalue weighted by molar-refractivity contribution is 6.18. The van der Waals surface area contributed by atoms with Gasteiger partial charge in [-0.3, -0.25) is 4.57 Å². The van der Waals surface area contributed by atoms with Crippen molar-refractivity contribution >= 4 is 43.7 Å². The Morgan fingerprint density at radius 3 is 2.02 bits per heavy atom. The Labute approximate surface area is 299 Å². The lowest BCUT2D eigenvalue weighted by molar-refractivity contribution is 0.669. The molecule has 0 aliphatic heterocycles. The fourth-order valence-corrected chi connectivity index (χ4v) is 8.60. The lowest BCUT2D eigenvalue weighted by Gasteiger charge is -2.28. The van der Waals surface area contributed by atoms with Crippen molar-refractivity contribution in [2.45, 2.75) is 12.3 Å². The van der Waals surface area contributed by atoms with E-state index in [0.29, 0.717) is 17.6 Å². The summed E-state index contributed by atoms with van der Waals surface area (Å²) < 4.78 is 8.51. The first-order valence-corrected chi connectivity index (χ1v) is 17.6. The van der Waals surface area contributed by atoms with Gasteiger partial charge >= 0.3 is 0 Å². The van der Waals surface area contributed by atoms with Gasteiger partial charge in [-0.15, -0.1) is 0 Å². The number of benzene rings is 7. The Kier molecular flexibility index (Phi) is 6.02. The van der Waals surface area contributed by atoms with Crippen molar-refractivity contribution in [1.82, 2.24) is 19.5 Å². The molecule has 11 rings (SSSR count). The molecule has 10 aromatic rings. The molecule has 5 nitrogen and oxygen atoms in total. The first-order valence-electron chi connectivity index (χ1n) is 17.6.